The van der Waals surface area contributed by atoms with Crippen LogP contribution in [0.2, 0.25) is 0 Å². The van der Waals surface area contributed by atoms with Gasteiger partial charge in [-0.1, -0.05) is 47.7 Å². The molecule has 2 fully saturated rings. The van der Waals surface area contributed by atoms with Crippen LogP contribution in [0.15, 0.2) is 8.68 Å². The van der Waals surface area contributed by atoms with Crippen LogP contribution in [-0.4, -0.2) is 51.0 Å². The number of piperidine rings is 1. The van der Waals surface area contributed by atoms with Gasteiger partial charge in [-0.25, -0.2) is 0 Å². The third-order valence-corrected chi connectivity index (χ3v) is 7.81. The lowest BCUT2D eigenvalue weighted by atomic mass is 9.78. The van der Waals surface area contributed by atoms with E-state index in [-0.39, 0.29) is 17.6 Å². The Kier molecular flexibility index (Phi) is 6.40. The third kappa shape index (κ3) is 4.64. The molecule has 1 saturated heterocycles. The summed E-state index contributed by atoms with van der Waals surface area (Å²) in [4.78, 5) is 25.5. The van der Waals surface area contributed by atoms with Gasteiger partial charge in [0, 0.05) is 12.6 Å². The van der Waals surface area contributed by atoms with Crippen LogP contribution in [0.1, 0.15) is 38.5 Å². The second-order valence-electron chi connectivity index (χ2n) is 6.22. The number of carbonyl (C=O) groups is 2. The molecule has 2 N–H and O–H groups in total. The molecule has 0 radical (unpaired) electrons. The molecule has 0 aromatic carbocycles. The molecule has 3 rings (SSSR count). The van der Waals surface area contributed by atoms with Crippen LogP contribution in [0.5, 0.6) is 0 Å². The molecule has 0 spiro atoms. The zero-order valence-electron chi connectivity index (χ0n) is 13.5. The summed E-state index contributed by atoms with van der Waals surface area (Å²) in [6.07, 6.45) is 7.40. The van der Waals surface area contributed by atoms with Gasteiger partial charge in [-0.2, -0.15) is 0 Å². The van der Waals surface area contributed by atoms with Gasteiger partial charge in [0.2, 0.25) is 11.8 Å². The van der Waals surface area contributed by atoms with Crippen molar-refractivity contribution in [2.75, 3.05) is 18.1 Å². The van der Waals surface area contributed by atoms with Crippen molar-refractivity contribution < 1.29 is 9.59 Å². The molecule has 2 aliphatic rings. The molecular formula is C15H22N4O2S3. The predicted molar refractivity (Wildman–Crippen MR) is 97.2 cm³/mol. The van der Waals surface area contributed by atoms with Gasteiger partial charge < -0.3 is 10.6 Å². The average Bonchev–Trinajstić information content (AvgIpc) is 3.05. The van der Waals surface area contributed by atoms with Crippen LogP contribution in [0.4, 0.5) is 0 Å². The lowest BCUT2D eigenvalue weighted by Gasteiger charge is -2.44. The molecule has 6 nitrogen and oxygen atoms in total. The second kappa shape index (κ2) is 8.53. The molecule has 1 saturated carbocycles. The van der Waals surface area contributed by atoms with Crippen LogP contribution in [0.25, 0.3) is 0 Å². The summed E-state index contributed by atoms with van der Waals surface area (Å²) >= 11 is 4.14. The number of likely N-dealkylation sites (tertiary alicyclic amines) is 1. The number of nitrogens with zero attached hydrogens (tertiary/aromatic N) is 3. The summed E-state index contributed by atoms with van der Waals surface area (Å²) in [5.41, 5.74) is 5.12. The second-order valence-corrected chi connectivity index (χ2v) is 9.64. The molecule has 1 aliphatic heterocycles. The average molecular weight is 387 g/mol. The fourth-order valence-electron chi connectivity index (χ4n) is 3.59. The van der Waals surface area contributed by atoms with E-state index in [1.54, 1.807) is 0 Å². The van der Waals surface area contributed by atoms with Crippen molar-refractivity contribution in [3.05, 3.63) is 0 Å². The zero-order valence-corrected chi connectivity index (χ0v) is 15.9. The van der Waals surface area contributed by atoms with Crippen molar-refractivity contribution in [2.45, 2.75) is 53.2 Å². The van der Waals surface area contributed by atoms with Crippen molar-refractivity contribution >= 4 is 46.7 Å². The first-order chi connectivity index (χ1) is 11.6. The number of carbonyl (C=O) groups excluding carboxylic acids is 2. The number of aromatic nitrogens is 2. The molecule has 2 atom stereocenters. The molecule has 1 aromatic heterocycles. The van der Waals surface area contributed by atoms with E-state index in [9.17, 15) is 9.59 Å². The van der Waals surface area contributed by atoms with Crippen molar-refractivity contribution in [3.8, 4) is 0 Å². The number of rotatable bonds is 6. The highest BCUT2D eigenvalue weighted by molar-refractivity contribution is 8.03. The quantitative estimate of drug-likeness (QED) is 0.755. The van der Waals surface area contributed by atoms with Gasteiger partial charge in [0.15, 0.2) is 8.68 Å². The predicted octanol–water partition coefficient (Wildman–Crippen LogP) is 2.39. The van der Waals surface area contributed by atoms with Gasteiger partial charge in [-0.3, -0.25) is 9.59 Å². The molecule has 0 bridgehead atoms. The Morgan fingerprint density at radius 1 is 1.08 bits per heavy atom. The Morgan fingerprint density at radius 3 is 2.50 bits per heavy atom. The largest absolute Gasteiger partial charge is 0.369 e. The van der Waals surface area contributed by atoms with Crippen LogP contribution in [-0.2, 0) is 9.59 Å². The Morgan fingerprint density at radius 2 is 1.75 bits per heavy atom. The summed E-state index contributed by atoms with van der Waals surface area (Å²) in [5, 5.41) is 8.10. The monoisotopic (exact) mass is 386 g/mol. The number of hydrogen-bond acceptors (Lipinski definition) is 7. The third-order valence-electron chi connectivity index (χ3n) is 4.61. The highest BCUT2D eigenvalue weighted by Gasteiger charge is 2.35. The van der Waals surface area contributed by atoms with Crippen LogP contribution in [0.3, 0.4) is 0 Å². The van der Waals surface area contributed by atoms with E-state index in [4.69, 9.17) is 5.73 Å². The normalized spacial score (nSPS) is 23.8. The summed E-state index contributed by atoms with van der Waals surface area (Å²) in [6.45, 7) is 0.899. The number of thioether (sulfide) groups is 2. The Bertz CT molecular complexity index is 593. The van der Waals surface area contributed by atoms with Gasteiger partial charge >= 0.3 is 0 Å². The van der Waals surface area contributed by atoms with Gasteiger partial charge in [0.1, 0.15) is 0 Å². The van der Waals surface area contributed by atoms with E-state index < -0.39 is 0 Å². The maximum Gasteiger partial charge on any atom is 0.233 e. The first kappa shape index (κ1) is 18.0. The zero-order chi connectivity index (χ0) is 16.9. The lowest BCUT2D eigenvalue weighted by Crippen LogP contribution is -2.50. The van der Waals surface area contributed by atoms with E-state index in [1.165, 1.54) is 60.5 Å². The molecule has 132 valence electrons. The van der Waals surface area contributed by atoms with Crippen molar-refractivity contribution in [1.29, 1.82) is 0 Å². The number of amides is 2. The molecule has 9 heteroatoms. The van der Waals surface area contributed by atoms with Crippen molar-refractivity contribution in [1.82, 2.24) is 15.1 Å². The molecule has 24 heavy (non-hydrogen) atoms. The van der Waals surface area contributed by atoms with E-state index in [1.807, 2.05) is 0 Å². The van der Waals surface area contributed by atoms with Gasteiger partial charge in [0.25, 0.3) is 0 Å². The van der Waals surface area contributed by atoms with E-state index in [0.29, 0.717) is 22.1 Å². The number of fused-ring (bicyclic) bond motifs is 1. The minimum atomic E-state index is -0.369. The molecule has 2 heterocycles. The minimum absolute atomic E-state index is 0.203. The molecule has 1 aliphatic carbocycles. The SMILES string of the molecule is NC(=O)CSc1nnc(SCC(=O)N2CCC[C@H]3CCCC[C@@H]32)s1. The number of hydrogen-bond donors (Lipinski definition) is 1. The summed E-state index contributed by atoms with van der Waals surface area (Å²) in [6, 6.07) is 0.455. The van der Waals surface area contributed by atoms with Crippen LogP contribution in [0, 0.1) is 5.92 Å². The molecule has 0 unspecified atom stereocenters. The van der Waals surface area contributed by atoms with Gasteiger partial charge in [0.05, 0.1) is 11.5 Å². The summed E-state index contributed by atoms with van der Waals surface area (Å²) < 4.78 is 1.49. The standard InChI is InChI=1S/C15H22N4O2S3/c16-12(20)8-22-14-17-18-15(24-14)23-9-13(21)19-7-3-5-10-4-1-2-6-11(10)19/h10-11H,1-9H2,(H2,16,20)/t10-,11+/m1/s1. The Hall–Kier alpha value is -0.800. The first-order valence-corrected chi connectivity index (χ1v) is 11.1. The summed E-state index contributed by atoms with van der Waals surface area (Å²) in [7, 11) is 0. The minimum Gasteiger partial charge on any atom is -0.369 e. The van der Waals surface area contributed by atoms with Gasteiger partial charge in [-0.15, -0.1) is 10.2 Å². The van der Waals surface area contributed by atoms with Crippen molar-refractivity contribution in [2.24, 2.45) is 11.7 Å². The number of primary amides is 1. The van der Waals surface area contributed by atoms with Crippen molar-refractivity contribution in [3.63, 3.8) is 0 Å². The first-order valence-electron chi connectivity index (χ1n) is 8.30. The summed E-state index contributed by atoms with van der Waals surface area (Å²) in [5.74, 6) is 1.18. The Labute approximate surface area is 154 Å². The van der Waals surface area contributed by atoms with Crippen LogP contribution >= 0.6 is 34.9 Å². The molecule has 1 aromatic rings. The highest BCUT2D eigenvalue weighted by Crippen LogP contribution is 2.36. The van der Waals surface area contributed by atoms with E-state index in [0.717, 1.165) is 23.7 Å². The molecular weight excluding hydrogens is 364 g/mol. The lowest BCUT2D eigenvalue weighted by molar-refractivity contribution is -0.134. The topological polar surface area (TPSA) is 89.2 Å². The van der Waals surface area contributed by atoms with E-state index >= 15 is 0 Å². The fourth-order valence-corrected chi connectivity index (χ4v) is 6.23. The maximum absolute atomic E-state index is 12.6. The van der Waals surface area contributed by atoms with Crippen LogP contribution < -0.4 is 5.73 Å². The smallest absolute Gasteiger partial charge is 0.233 e. The Balaban J connectivity index is 1.50. The number of nitrogens with two attached hydrogens (primary N) is 1. The fraction of sp³-hybridized carbons (Fsp3) is 0.733. The van der Waals surface area contributed by atoms with E-state index in [2.05, 4.69) is 15.1 Å². The van der Waals surface area contributed by atoms with Gasteiger partial charge in [-0.05, 0) is 31.6 Å². The molecule has 2 amide bonds. The highest BCUT2D eigenvalue weighted by atomic mass is 32.2. The maximum atomic E-state index is 12.6.